The molecule has 0 bridgehead atoms. The number of benzene rings is 1. The van der Waals surface area contributed by atoms with Gasteiger partial charge in [0, 0.05) is 12.1 Å². The Morgan fingerprint density at radius 2 is 2.05 bits per heavy atom. The third kappa shape index (κ3) is 4.36. The van der Waals surface area contributed by atoms with Gasteiger partial charge in [-0.2, -0.15) is 0 Å². The van der Waals surface area contributed by atoms with Gasteiger partial charge >= 0.3 is 0 Å². The second-order valence-corrected chi connectivity index (χ2v) is 6.20. The summed E-state index contributed by atoms with van der Waals surface area (Å²) in [6.45, 7) is 1.42. The molecule has 1 heterocycles. The van der Waals surface area contributed by atoms with Crippen molar-refractivity contribution in [2.24, 2.45) is 0 Å². The molecular formula is C16H22INO2. The van der Waals surface area contributed by atoms with Crippen LogP contribution in [0.15, 0.2) is 24.3 Å². The highest BCUT2D eigenvalue weighted by Crippen LogP contribution is 2.33. The first-order valence-corrected chi connectivity index (χ1v) is 8.91. The number of unbranched alkanes of at least 4 members (excludes halogenated alkanes) is 3. The molecule has 0 fully saturated rings. The minimum Gasteiger partial charge on any atom is -0.493 e. The summed E-state index contributed by atoms with van der Waals surface area (Å²) in [5.74, 6) is 0.963. The molecule has 2 rings (SSSR count). The fraction of sp³-hybridized carbons (Fsp3) is 0.562. The second-order valence-electron chi connectivity index (χ2n) is 5.12. The maximum absolute atomic E-state index is 12.3. The predicted molar refractivity (Wildman–Crippen MR) is 89.7 cm³/mol. The van der Waals surface area contributed by atoms with Crippen LogP contribution < -0.4 is 10.1 Å². The molecule has 1 aliphatic heterocycles. The number of rotatable bonds is 7. The number of ether oxygens (including phenoxy) is 1. The zero-order valence-electron chi connectivity index (χ0n) is 11.7. The summed E-state index contributed by atoms with van der Waals surface area (Å²) < 4.78 is 6.82. The minimum atomic E-state index is -0.0469. The molecule has 0 saturated heterocycles. The van der Waals surface area contributed by atoms with Crippen LogP contribution in [-0.4, -0.2) is 23.5 Å². The quantitative estimate of drug-likeness (QED) is 0.441. The van der Waals surface area contributed by atoms with Crippen LogP contribution in [0.25, 0.3) is 0 Å². The number of carbonyl (C=O) groups is 1. The zero-order valence-corrected chi connectivity index (χ0v) is 13.9. The molecule has 110 valence electrons. The maximum Gasteiger partial charge on any atom is 0.227 e. The van der Waals surface area contributed by atoms with Crippen molar-refractivity contribution in [2.75, 3.05) is 17.6 Å². The molecular weight excluding hydrogens is 365 g/mol. The van der Waals surface area contributed by atoms with Crippen molar-refractivity contribution in [3.63, 3.8) is 0 Å². The molecule has 1 aromatic carbocycles. The summed E-state index contributed by atoms with van der Waals surface area (Å²) in [6.07, 6.45) is 5.60. The summed E-state index contributed by atoms with van der Waals surface area (Å²) in [5.41, 5.74) is 1.03. The van der Waals surface area contributed by atoms with E-state index < -0.39 is 0 Å². The number of hydrogen-bond donors (Lipinski definition) is 1. The van der Waals surface area contributed by atoms with Gasteiger partial charge < -0.3 is 10.1 Å². The van der Waals surface area contributed by atoms with E-state index in [2.05, 4.69) is 27.9 Å². The van der Waals surface area contributed by atoms with Crippen LogP contribution in [0, 0.1) is 0 Å². The highest BCUT2D eigenvalue weighted by Gasteiger charge is 2.26. The first-order valence-electron chi connectivity index (χ1n) is 7.38. The smallest absolute Gasteiger partial charge is 0.227 e. The number of nitrogens with one attached hydrogen (secondary N) is 1. The highest BCUT2D eigenvalue weighted by atomic mass is 127. The summed E-state index contributed by atoms with van der Waals surface area (Å²) in [6, 6.07) is 7.86. The monoisotopic (exact) mass is 387 g/mol. The Morgan fingerprint density at radius 3 is 2.90 bits per heavy atom. The molecule has 0 spiro atoms. The fourth-order valence-electron chi connectivity index (χ4n) is 2.52. The molecule has 0 aromatic heterocycles. The minimum absolute atomic E-state index is 0.0469. The van der Waals surface area contributed by atoms with E-state index in [9.17, 15) is 4.79 Å². The Morgan fingerprint density at radius 1 is 1.25 bits per heavy atom. The van der Waals surface area contributed by atoms with Crippen molar-refractivity contribution in [2.45, 2.75) is 38.0 Å². The third-order valence-corrected chi connectivity index (χ3v) is 4.40. The normalized spacial score (nSPS) is 17.1. The Hall–Kier alpha value is -0.780. The number of carbonyl (C=O) groups excluding carboxylic acids is 1. The molecule has 1 atom stereocenters. The van der Waals surface area contributed by atoms with Gasteiger partial charge in [-0.05, 0) is 29.8 Å². The molecule has 1 aliphatic rings. The van der Waals surface area contributed by atoms with Crippen molar-refractivity contribution in [3.05, 3.63) is 29.8 Å². The van der Waals surface area contributed by atoms with E-state index in [1.54, 1.807) is 0 Å². The van der Waals surface area contributed by atoms with Crippen molar-refractivity contribution in [1.29, 1.82) is 0 Å². The molecule has 20 heavy (non-hydrogen) atoms. The van der Waals surface area contributed by atoms with E-state index in [4.69, 9.17) is 4.74 Å². The topological polar surface area (TPSA) is 38.3 Å². The lowest BCUT2D eigenvalue weighted by Crippen LogP contribution is -2.33. The Labute approximate surface area is 134 Å². The SMILES string of the molecule is O=C(NCCCCCCI)C1CCOc2ccccc21. The first-order chi connectivity index (χ1) is 9.83. The third-order valence-electron chi connectivity index (χ3n) is 3.63. The molecule has 0 aliphatic carbocycles. The lowest BCUT2D eigenvalue weighted by atomic mass is 9.92. The maximum atomic E-state index is 12.3. The van der Waals surface area contributed by atoms with Crippen LogP contribution in [0.3, 0.4) is 0 Å². The van der Waals surface area contributed by atoms with Crippen LogP contribution in [0.5, 0.6) is 5.75 Å². The summed E-state index contributed by atoms with van der Waals surface area (Å²) in [5, 5.41) is 3.07. The highest BCUT2D eigenvalue weighted by molar-refractivity contribution is 14.1. The van der Waals surface area contributed by atoms with E-state index in [-0.39, 0.29) is 11.8 Å². The number of fused-ring (bicyclic) bond motifs is 1. The van der Waals surface area contributed by atoms with Gasteiger partial charge in [0.25, 0.3) is 0 Å². The van der Waals surface area contributed by atoms with E-state index in [1.165, 1.54) is 23.7 Å². The van der Waals surface area contributed by atoms with E-state index >= 15 is 0 Å². The molecule has 1 aromatic rings. The molecule has 0 radical (unpaired) electrons. The summed E-state index contributed by atoms with van der Waals surface area (Å²) >= 11 is 2.41. The van der Waals surface area contributed by atoms with E-state index in [1.807, 2.05) is 24.3 Å². The lowest BCUT2D eigenvalue weighted by molar-refractivity contribution is -0.123. The second kappa shape index (κ2) is 8.49. The van der Waals surface area contributed by atoms with Gasteiger partial charge in [0.2, 0.25) is 5.91 Å². The van der Waals surface area contributed by atoms with Gasteiger partial charge in [0.15, 0.2) is 0 Å². The van der Waals surface area contributed by atoms with Gasteiger partial charge in [-0.25, -0.2) is 0 Å². The van der Waals surface area contributed by atoms with Crippen LogP contribution in [-0.2, 0) is 4.79 Å². The standard InChI is InChI=1S/C16H22INO2/c17-10-5-1-2-6-11-18-16(19)14-9-12-20-15-8-4-3-7-13(14)15/h3-4,7-8,14H,1-2,5-6,9-12H2,(H,18,19). The summed E-state index contributed by atoms with van der Waals surface area (Å²) in [4.78, 5) is 12.3. The Bertz CT molecular complexity index is 436. The lowest BCUT2D eigenvalue weighted by Gasteiger charge is -2.25. The average molecular weight is 387 g/mol. The number of hydrogen-bond acceptors (Lipinski definition) is 2. The molecule has 0 saturated carbocycles. The molecule has 3 nitrogen and oxygen atoms in total. The Balaban J connectivity index is 1.79. The van der Waals surface area contributed by atoms with Gasteiger partial charge in [0.1, 0.15) is 5.75 Å². The van der Waals surface area contributed by atoms with Crippen LogP contribution >= 0.6 is 22.6 Å². The van der Waals surface area contributed by atoms with Gasteiger partial charge in [-0.1, -0.05) is 53.6 Å². The number of alkyl halides is 1. The number of para-hydroxylation sites is 1. The molecule has 1 N–H and O–H groups in total. The molecule has 1 unspecified atom stereocenters. The van der Waals surface area contributed by atoms with Gasteiger partial charge in [-0.3, -0.25) is 4.79 Å². The predicted octanol–water partition coefficient (Wildman–Crippen LogP) is 3.66. The molecule has 4 heteroatoms. The van der Waals surface area contributed by atoms with E-state index in [0.717, 1.165) is 30.7 Å². The van der Waals surface area contributed by atoms with Crippen LogP contribution in [0.4, 0.5) is 0 Å². The Kier molecular flexibility index (Phi) is 6.63. The van der Waals surface area contributed by atoms with E-state index in [0.29, 0.717) is 6.61 Å². The largest absolute Gasteiger partial charge is 0.493 e. The molecule has 1 amide bonds. The van der Waals surface area contributed by atoms with Gasteiger partial charge in [0.05, 0.1) is 12.5 Å². The fourth-order valence-corrected chi connectivity index (χ4v) is 3.06. The van der Waals surface area contributed by atoms with Crippen molar-refractivity contribution >= 4 is 28.5 Å². The number of halogens is 1. The first kappa shape index (κ1) is 15.6. The van der Waals surface area contributed by atoms with Crippen molar-refractivity contribution < 1.29 is 9.53 Å². The zero-order chi connectivity index (χ0) is 14.2. The summed E-state index contributed by atoms with van der Waals surface area (Å²) in [7, 11) is 0. The van der Waals surface area contributed by atoms with Crippen LogP contribution in [0.1, 0.15) is 43.6 Å². The van der Waals surface area contributed by atoms with Gasteiger partial charge in [-0.15, -0.1) is 0 Å². The number of amides is 1. The average Bonchev–Trinajstić information content (AvgIpc) is 2.50. The van der Waals surface area contributed by atoms with Crippen LogP contribution in [0.2, 0.25) is 0 Å². The van der Waals surface area contributed by atoms with Crippen molar-refractivity contribution in [3.8, 4) is 5.75 Å². The van der Waals surface area contributed by atoms with Crippen molar-refractivity contribution in [1.82, 2.24) is 5.32 Å².